The van der Waals surface area contributed by atoms with Crippen molar-refractivity contribution in [2.24, 2.45) is 11.7 Å². The molecule has 1 saturated heterocycles. The van der Waals surface area contributed by atoms with Gasteiger partial charge in [-0.15, -0.1) is 0 Å². The first-order valence-corrected chi connectivity index (χ1v) is 7.55. The monoisotopic (exact) mass is 339 g/mol. The van der Waals surface area contributed by atoms with Gasteiger partial charge in [0.15, 0.2) is 4.90 Å². The number of rotatable bonds is 3. The number of hydrogen-bond donors (Lipinski definition) is 1. The molecule has 0 unspecified atom stereocenters. The molecule has 0 bridgehead atoms. The van der Waals surface area contributed by atoms with Crippen LogP contribution in [-0.4, -0.2) is 43.0 Å². The molecule has 1 aliphatic heterocycles. The number of alkyl halides is 3. The second-order valence-corrected chi connectivity index (χ2v) is 6.77. The third-order valence-corrected chi connectivity index (χ3v) is 5.31. The number of nitrogens with two attached hydrogens (primary N) is 1. The molecule has 2 atom stereocenters. The van der Waals surface area contributed by atoms with Crippen molar-refractivity contribution in [2.45, 2.75) is 17.1 Å². The van der Waals surface area contributed by atoms with Gasteiger partial charge in [-0.1, -0.05) is 12.1 Å². The normalized spacial score (nSPS) is 23.6. The minimum atomic E-state index is -4.63. The Balaban J connectivity index is 2.40. The topological polar surface area (TPSA) is 107 Å². The number of nitro benzene ring substituents is 1. The Kier molecular flexibility index (Phi) is 4.15. The maximum Gasteiger partial charge on any atom is 0.394 e. The maximum absolute atomic E-state index is 12.8. The number of sulfonamides is 1. The van der Waals surface area contributed by atoms with Crippen LogP contribution in [0.2, 0.25) is 0 Å². The van der Waals surface area contributed by atoms with Crippen molar-refractivity contribution in [3.8, 4) is 0 Å². The molecule has 0 radical (unpaired) electrons. The number of nitrogens with zero attached hydrogens (tertiary/aromatic N) is 2. The van der Waals surface area contributed by atoms with Crippen molar-refractivity contribution < 1.29 is 26.5 Å². The molecule has 22 heavy (non-hydrogen) atoms. The average molecular weight is 339 g/mol. The van der Waals surface area contributed by atoms with Crippen LogP contribution in [0, 0.1) is 16.0 Å². The van der Waals surface area contributed by atoms with Gasteiger partial charge in [0.1, 0.15) is 0 Å². The lowest BCUT2D eigenvalue weighted by Crippen LogP contribution is -2.38. The van der Waals surface area contributed by atoms with E-state index in [0.717, 1.165) is 12.1 Å². The lowest BCUT2D eigenvalue weighted by molar-refractivity contribution is -0.387. The van der Waals surface area contributed by atoms with Gasteiger partial charge >= 0.3 is 6.18 Å². The molecule has 1 aromatic rings. The quantitative estimate of drug-likeness (QED) is 0.656. The molecule has 0 amide bonds. The van der Waals surface area contributed by atoms with Gasteiger partial charge in [0, 0.05) is 25.2 Å². The Labute approximate surface area is 123 Å². The fourth-order valence-electron chi connectivity index (χ4n) is 2.30. The van der Waals surface area contributed by atoms with Gasteiger partial charge < -0.3 is 5.73 Å². The van der Waals surface area contributed by atoms with Crippen LogP contribution >= 0.6 is 0 Å². The lowest BCUT2D eigenvalue weighted by atomic mass is 10.1. The SMILES string of the molecule is N[C@@H]1CN(S(=O)(=O)c2ccccc2[N+](=O)[O-])C[C@H]1C(F)(F)F. The summed E-state index contributed by atoms with van der Waals surface area (Å²) in [6, 6.07) is 3.09. The van der Waals surface area contributed by atoms with Crippen LogP contribution < -0.4 is 5.73 Å². The molecule has 0 aliphatic carbocycles. The first-order chi connectivity index (χ1) is 10.0. The third kappa shape index (κ3) is 2.91. The molecule has 1 fully saturated rings. The van der Waals surface area contributed by atoms with Gasteiger partial charge in [-0.05, 0) is 6.07 Å². The first kappa shape index (κ1) is 16.6. The Morgan fingerprint density at radius 1 is 1.27 bits per heavy atom. The molecule has 0 spiro atoms. The summed E-state index contributed by atoms with van der Waals surface area (Å²) in [5, 5.41) is 10.9. The second kappa shape index (κ2) is 5.48. The molecule has 2 N–H and O–H groups in total. The van der Waals surface area contributed by atoms with Crippen molar-refractivity contribution >= 4 is 15.7 Å². The van der Waals surface area contributed by atoms with E-state index in [1.165, 1.54) is 12.1 Å². The van der Waals surface area contributed by atoms with Gasteiger partial charge in [-0.3, -0.25) is 10.1 Å². The van der Waals surface area contributed by atoms with Crippen LogP contribution in [0.1, 0.15) is 0 Å². The summed E-state index contributed by atoms with van der Waals surface area (Å²) >= 11 is 0. The van der Waals surface area contributed by atoms with Crippen molar-refractivity contribution in [1.82, 2.24) is 4.31 Å². The van der Waals surface area contributed by atoms with E-state index >= 15 is 0 Å². The molecule has 7 nitrogen and oxygen atoms in total. The standard InChI is InChI=1S/C11H12F3N3O4S/c12-11(13,14)7-5-16(6-8(7)15)22(20,21)10-4-2-1-3-9(10)17(18)19/h1-4,7-8H,5-6,15H2/t7-,8-/m1/s1. The van der Waals surface area contributed by atoms with Crippen LogP contribution in [0.15, 0.2) is 29.2 Å². The van der Waals surface area contributed by atoms with E-state index in [4.69, 9.17) is 5.73 Å². The number of halogens is 3. The van der Waals surface area contributed by atoms with Crippen LogP contribution in [0.3, 0.4) is 0 Å². The highest BCUT2D eigenvalue weighted by Gasteiger charge is 2.51. The molecule has 1 aromatic carbocycles. The average Bonchev–Trinajstić information content (AvgIpc) is 2.81. The first-order valence-electron chi connectivity index (χ1n) is 6.11. The van der Waals surface area contributed by atoms with E-state index in [9.17, 15) is 31.7 Å². The molecule has 2 rings (SSSR count). The zero-order valence-electron chi connectivity index (χ0n) is 11.0. The van der Waals surface area contributed by atoms with E-state index in [1.807, 2.05) is 0 Å². The highest BCUT2D eigenvalue weighted by atomic mass is 32.2. The predicted molar refractivity (Wildman–Crippen MR) is 69.4 cm³/mol. The Hall–Kier alpha value is -1.72. The van der Waals surface area contributed by atoms with Gasteiger partial charge in [0.25, 0.3) is 5.69 Å². The highest BCUT2D eigenvalue weighted by molar-refractivity contribution is 7.89. The number of benzene rings is 1. The summed E-state index contributed by atoms with van der Waals surface area (Å²) in [6.45, 7) is -1.39. The van der Waals surface area contributed by atoms with Gasteiger partial charge in [0.05, 0.1) is 10.8 Å². The van der Waals surface area contributed by atoms with Crippen molar-refractivity contribution in [3.63, 3.8) is 0 Å². The third-order valence-electron chi connectivity index (χ3n) is 3.43. The Morgan fingerprint density at radius 2 is 1.86 bits per heavy atom. The molecule has 1 heterocycles. The summed E-state index contributed by atoms with van der Waals surface area (Å²) in [4.78, 5) is 9.35. The summed E-state index contributed by atoms with van der Waals surface area (Å²) in [5.41, 5.74) is 4.68. The van der Waals surface area contributed by atoms with Crippen molar-refractivity contribution in [2.75, 3.05) is 13.1 Å². The van der Waals surface area contributed by atoms with E-state index in [-0.39, 0.29) is 0 Å². The Bertz CT molecular complexity index is 692. The molecule has 0 saturated carbocycles. The molecular formula is C11H12F3N3O4S. The maximum atomic E-state index is 12.8. The summed E-state index contributed by atoms with van der Waals surface area (Å²) in [6.07, 6.45) is -4.63. The molecular weight excluding hydrogens is 327 g/mol. The summed E-state index contributed by atoms with van der Waals surface area (Å²) in [5.74, 6) is -2.00. The summed E-state index contributed by atoms with van der Waals surface area (Å²) < 4.78 is 63.6. The van der Waals surface area contributed by atoms with Crippen molar-refractivity contribution in [1.29, 1.82) is 0 Å². The van der Waals surface area contributed by atoms with Gasteiger partial charge in [0.2, 0.25) is 10.0 Å². The number of hydrogen-bond acceptors (Lipinski definition) is 5. The minimum absolute atomic E-state index is 0.540. The number of nitro groups is 1. The van der Waals surface area contributed by atoms with Gasteiger partial charge in [-0.2, -0.15) is 17.5 Å². The second-order valence-electron chi connectivity index (χ2n) is 4.86. The largest absolute Gasteiger partial charge is 0.394 e. The molecule has 122 valence electrons. The zero-order chi connectivity index (χ0) is 16.7. The van der Waals surface area contributed by atoms with E-state index in [2.05, 4.69) is 0 Å². The van der Waals surface area contributed by atoms with Crippen LogP contribution in [0.5, 0.6) is 0 Å². The molecule has 11 heteroatoms. The van der Waals surface area contributed by atoms with Crippen molar-refractivity contribution in [3.05, 3.63) is 34.4 Å². The summed E-state index contributed by atoms with van der Waals surface area (Å²) in [7, 11) is -4.43. The van der Waals surface area contributed by atoms with Crippen LogP contribution in [0.25, 0.3) is 0 Å². The van der Waals surface area contributed by atoms with E-state index < -0.39 is 56.8 Å². The van der Waals surface area contributed by atoms with E-state index in [0.29, 0.717) is 4.31 Å². The Morgan fingerprint density at radius 3 is 2.36 bits per heavy atom. The fourth-order valence-corrected chi connectivity index (χ4v) is 3.96. The zero-order valence-corrected chi connectivity index (χ0v) is 11.8. The smallest absolute Gasteiger partial charge is 0.326 e. The molecule has 1 aliphatic rings. The van der Waals surface area contributed by atoms with Gasteiger partial charge in [-0.25, -0.2) is 8.42 Å². The van der Waals surface area contributed by atoms with Crippen LogP contribution in [0.4, 0.5) is 18.9 Å². The van der Waals surface area contributed by atoms with E-state index in [1.54, 1.807) is 0 Å². The van der Waals surface area contributed by atoms with Crippen LogP contribution in [-0.2, 0) is 10.0 Å². The highest BCUT2D eigenvalue weighted by Crippen LogP contribution is 2.36. The fraction of sp³-hybridized carbons (Fsp3) is 0.455. The molecule has 0 aromatic heterocycles. The minimum Gasteiger partial charge on any atom is -0.326 e. The predicted octanol–water partition coefficient (Wildman–Crippen LogP) is 1.10. The number of para-hydroxylation sites is 1. The lowest BCUT2D eigenvalue weighted by Gasteiger charge is -2.18.